The average Bonchev–Trinajstić information content (AvgIpc) is 2.85. The molecule has 186 valence electrons. The molecule has 6 nitrogen and oxygen atoms in total. The van der Waals surface area contributed by atoms with Crippen LogP contribution in [0.15, 0.2) is 116 Å². The molecule has 0 aliphatic heterocycles. The molecule has 0 heterocycles. The Morgan fingerprint density at radius 1 is 0.472 bits per heavy atom. The second-order valence-corrected chi connectivity index (χ2v) is 18.8. The molecule has 36 heavy (non-hydrogen) atoms. The van der Waals surface area contributed by atoms with Crippen LogP contribution < -0.4 is 18.4 Å². The summed E-state index contributed by atoms with van der Waals surface area (Å²) in [5, 5.41) is 0. The fraction of sp³-hybridized carbons (Fsp3) is 0. The van der Waals surface area contributed by atoms with Crippen LogP contribution in [0.2, 0.25) is 0 Å². The van der Waals surface area contributed by atoms with Crippen LogP contribution in [0.25, 0.3) is 0 Å². The fourth-order valence-corrected chi connectivity index (χ4v) is 11.5. The first-order valence-corrected chi connectivity index (χ1v) is 20.8. The predicted molar refractivity (Wildman–Crippen MR) is 154 cm³/mol. The van der Waals surface area contributed by atoms with Crippen molar-refractivity contribution in [1.29, 1.82) is 0 Å². The van der Waals surface area contributed by atoms with Crippen molar-refractivity contribution >= 4 is 98.5 Å². The summed E-state index contributed by atoms with van der Waals surface area (Å²) >= 11 is 6.99. The van der Waals surface area contributed by atoms with Gasteiger partial charge in [0.05, 0.1) is 0 Å². The zero-order valence-electron chi connectivity index (χ0n) is 18.3. The normalized spacial score (nSPS) is 11.7. The summed E-state index contributed by atoms with van der Waals surface area (Å²) in [5.41, 5.74) is 1.01. The van der Waals surface area contributed by atoms with E-state index in [-0.39, 0.29) is 36.1 Å². The molecule has 12 heteroatoms. The van der Waals surface area contributed by atoms with Gasteiger partial charge in [0.1, 0.15) is 0 Å². The number of anilines is 2. The van der Waals surface area contributed by atoms with Gasteiger partial charge in [0.2, 0.25) is 0 Å². The first kappa shape index (κ1) is 27.4. The molecule has 0 aliphatic carbocycles. The molecule has 4 aromatic carbocycles. The first-order chi connectivity index (χ1) is 17.1. The Morgan fingerprint density at radius 2 is 0.778 bits per heavy atom. The quantitative estimate of drug-likeness (QED) is 0.251. The Morgan fingerprint density at radius 3 is 1.08 bits per heavy atom. The van der Waals surface area contributed by atoms with E-state index in [4.69, 9.17) is 0 Å². The number of halogens is 2. The minimum atomic E-state index is -3.65. The molecular weight excluding hydrogens is 762 g/mol. The van der Waals surface area contributed by atoms with E-state index < -0.39 is 20.0 Å². The Bertz CT molecular complexity index is 1430. The Hall–Kier alpha value is -1.62. The van der Waals surface area contributed by atoms with Crippen LogP contribution in [-0.2, 0) is 20.0 Å². The van der Waals surface area contributed by atoms with Crippen molar-refractivity contribution in [3.05, 3.63) is 106 Å². The summed E-state index contributed by atoms with van der Waals surface area (Å²) in [6.07, 6.45) is 0. The molecule has 0 saturated carbocycles. The van der Waals surface area contributed by atoms with Crippen molar-refractivity contribution in [2.24, 2.45) is 0 Å². The fourth-order valence-electron chi connectivity index (χ4n) is 2.91. The summed E-state index contributed by atoms with van der Waals surface area (Å²) < 4.78 is 59.3. The van der Waals surface area contributed by atoms with E-state index in [1.807, 2.05) is 24.3 Å². The van der Waals surface area contributed by atoms with Crippen LogP contribution in [0.4, 0.5) is 11.4 Å². The molecule has 0 bridgehead atoms. The standard InChI is InChI=1S/C24H18Br2N2O4S2Se2/c25-17-1-9-21(10-2-17)33(29,30)27-19-5-13-23(14-6-19)35-36-24-15-7-20(8-16-24)28-34(31,32)22-11-3-18(26)4-12-22/h1-16,27-28H. The topological polar surface area (TPSA) is 92.3 Å². The molecule has 2 N–H and O–H groups in total. The summed E-state index contributed by atoms with van der Waals surface area (Å²) in [7, 11) is -7.30. The van der Waals surface area contributed by atoms with E-state index in [0.29, 0.717) is 11.4 Å². The van der Waals surface area contributed by atoms with Crippen molar-refractivity contribution in [1.82, 2.24) is 0 Å². The molecule has 0 radical (unpaired) electrons. The van der Waals surface area contributed by atoms with Gasteiger partial charge in [0.25, 0.3) is 0 Å². The second kappa shape index (κ2) is 11.8. The van der Waals surface area contributed by atoms with E-state index in [1.165, 1.54) is 0 Å². The van der Waals surface area contributed by atoms with Gasteiger partial charge in [-0.3, -0.25) is 0 Å². The third kappa shape index (κ3) is 7.46. The molecule has 0 saturated heterocycles. The van der Waals surface area contributed by atoms with E-state index in [0.717, 1.165) is 17.9 Å². The molecule has 0 atom stereocenters. The van der Waals surface area contributed by atoms with Gasteiger partial charge in [0.15, 0.2) is 0 Å². The van der Waals surface area contributed by atoms with Gasteiger partial charge in [-0.25, -0.2) is 0 Å². The van der Waals surface area contributed by atoms with Crippen LogP contribution in [0.5, 0.6) is 0 Å². The number of rotatable bonds is 9. The summed E-state index contributed by atoms with van der Waals surface area (Å²) in [5.74, 6) is 0. The van der Waals surface area contributed by atoms with Gasteiger partial charge in [0, 0.05) is 0 Å². The first-order valence-electron chi connectivity index (χ1n) is 10.2. The minimum absolute atomic E-state index is 0.189. The van der Waals surface area contributed by atoms with Crippen molar-refractivity contribution < 1.29 is 16.8 Å². The number of nitrogens with one attached hydrogen (secondary N) is 2. The summed E-state index contributed by atoms with van der Waals surface area (Å²) in [4.78, 5) is 0.398. The van der Waals surface area contributed by atoms with Crippen LogP contribution in [-0.4, -0.2) is 43.1 Å². The van der Waals surface area contributed by atoms with Gasteiger partial charge in [-0.05, 0) is 0 Å². The molecule has 0 spiro atoms. The number of hydrogen-bond acceptors (Lipinski definition) is 4. The van der Waals surface area contributed by atoms with Crippen LogP contribution in [0.3, 0.4) is 0 Å². The number of benzene rings is 4. The molecule has 0 aliphatic rings. The number of hydrogen-bond donors (Lipinski definition) is 2. The molecule has 0 fully saturated rings. The van der Waals surface area contributed by atoms with Crippen LogP contribution >= 0.6 is 31.9 Å². The zero-order chi connectivity index (χ0) is 25.8. The van der Waals surface area contributed by atoms with Crippen LogP contribution in [0, 0.1) is 0 Å². The predicted octanol–water partition coefficient (Wildman–Crippen LogP) is 4.09. The molecule has 0 amide bonds. The van der Waals surface area contributed by atoms with Gasteiger partial charge in [-0.15, -0.1) is 0 Å². The van der Waals surface area contributed by atoms with Crippen molar-refractivity contribution in [2.75, 3.05) is 9.44 Å². The molecule has 0 unspecified atom stereocenters. The van der Waals surface area contributed by atoms with Crippen molar-refractivity contribution in [3.8, 4) is 0 Å². The average molecular weight is 780 g/mol. The zero-order valence-corrected chi connectivity index (χ0v) is 26.5. The van der Waals surface area contributed by atoms with Gasteiger partial charge >= 0.3 is 241 Å². The van der Waals surface area contributed by atoms with E-state index in [9.17, 15) is 16.8 Å². The summed E-state index contributed by atoms with van der Waals surface area (Å²) in [6, 6.07) is 27.7. The monoisotopic (exact) mass is 780 g/mol. The molecule has 0 aromatic heterocycles. The second-order valence-electron chi connectivity index (χ2n) is 7.33. The third-order valence-electron chi connectivity index (χ3n) is 4.70. The Labute approximate surface area is 238 Å². The summed E-state index contributed by atoms with van der Waals surface area (Å²) in [6.45, 7) is 0. The maximum atomic E-state index is 12.6. The molecule has 4 aromatic rings. The van der Waals surface area contributed by atoms with Crippen molar-refractivity contribution in [3.63, 3.8) is 0 Å². The third-order valence-corrected chi connectivity index (χ3v) is 15.8. The van der Waals surface area contributed by atoms with Crippen LogP contribution in [0.1, 0.15) is 0 Å². The molecular formula is C24H18Br2N2O4S2Se2. The Kier molecular flexibility index (Phi) is 9.01. The Balaban J connectivity index is 1.33. The van der Waals surface area contributed by atoms with Gasteiger partial charge in [-0.1, -0.05) is 0 Å². The maximum absolute atomic E-state index is 12.6. The van der Waals surface area contributed by atoms with E-state index in [1.54, 1.807) is 72.8 Å². The molecule has 4 rings (SSSR count). The van der Waals surface area contributed by atoms with Crippen molar-refractivity contribution in [2.45, 2.75) is 9.79 Å². The van der Waals surface area contributed by atoms with E-state index in [2.05, 4.69) is 41.3 Å². The van der Waals surface area contributed by atoms with Gasteiger partial charge in [-0.2, -0.15) is 0 Å². The SMILES string of the molecule is O=S(=O)(Nc1ccc([Se][Se]c2ccc(NS(=O)(=O)c3ccc(Br)cc3)cc2)cc1)c1ccc(Br)cc1. The van der Waals surface area contributed by atoms with Gasteiger partial charge < -0.3 is 0 Å². The van der Waals surface area contributed by atoms with E-state index >= 15 is 0 Å². The number of sulfonamides is 2.